The van der Waals surface area contributed by atoms with Crippen molar-refractivity contribution in [2.45, 2.75) is 5.88 Å². The van der Waals surface area contributed by atoms with Crippen molar-refractivity contribution in [3.8, 4) is 17.5 Å². The van der Waals surface area contributed by atoms with Crippen LogP contribution in [-0.2, 0) is 5.88 Å². The van der Waals surface area contributed by atoms with E-state index in [1.54, 1.807) is 19.2 Å². The number of rotatable bonds is 3. The Balaban J connectivity index is 2.22. The highest BCUT2D eigenvalue weighted by Gasteiger charge is 2.12. The van der Waals surface area contributed by atoms with Gasteiger partial charge < -0.3 is 4.74 Å². The van der Waals surface area contributed by atoms with Gasteiger partial charge in [-0.05, 0) is 36.4 Å². The van der Waals surface area contributed by atoms with Crippen molar-refractivity contribution in [3.63, 3.8) is 0 Å². The molecule has 0 amide bonds. The van der Waals surface area contributed by atoms with Crippen LogP contribution in [0, 0.1) is 11.3 Å². The van der Waals surface area contributed by atoms with Crippen molar-refractivity contribution in [1.29, 1.82) is 5.26 Å². The number of methoxy groups -OCH3 is 1. The summed E-state index contributed by atoms with van der Waals surface area (Å²) in [5, 5.41) is 8.89. The zero-order valence-electron chi connectivity index (χ0n) is 11.4. The molecule has 1 heterocycles. The molecule has 1 aromatic heterocycles. The Bertz CT molecular complexity index is 831. The number of hydrogen-bond acceptors (Lipinski definition) is 3. The summed E-state index contributed by atoms with van der Waals surface area (Å²) >= 11 is 6.02. The predicted octanol–water partition coefficient (Wildman–Crippen LogP) is 3.64. The van der Waals surface area contributed by atoms with E-state index < -0.39 is 0 Å². The van der Waals surface area contributed by atoms with Crippen LogP contribution < -0.4 is 4.74 Å². The Kier molecular flexibility index (Phi) is 3.51. The molecule has 0 aliphatic rings. The summed E-state index contributed by atoms with van der Waals surface area (Å²) in [5.74, 6) is 1.81. The number of aromatic nitrogens is 2. The van der Waals surface area contributed by atoms with Gasteiger partial charge in [0.1, 0.15) is 11.6 Å². The Morgan fingerprint density at radius 2 is 2.00 bits per heavy atom. The van der Waals surface area contributed by atoms with E-state index >= 15 is 0 Å². The molecule has 0 aliphatic heterocycles. The van der Waals surface area contributed by atoms with Crippen molar-refractivity contribution in [3.05, 3.63) is 53.9 Å². The number of hydrogen-bond donors (Lipinski definition) is 0. The molecule has 0 bridgehead atoms. The van der Waals surface area contributed by atoms with Crippen LogP contribution in [-0.4, -0.2) is 16.7 Å². The van der Waals surface area contributed by atoms with Crippen LogP contribution >= 0.6 is 11.6 Å². The summed E-state index contributed by atoms with van der Waals surface area (Å²) in [6.45, 7) is 0. The number of nitrogens with zero attached hydrogens (tertiary/aromatic N) is 3. The van der Waals surface area contributed by atoms with Crippen LogP contribution in [0.2, 0.25) is 0 Å². The van der Waals surface area contributed by atoms with Gasteiger partial charge in [0.05, 0.1) is 35.7 Å². The van der Waals surface area contributed by atoms with Gasteiger partial charge in [0, 0.05) is 11.8 Å². The van der Waals surface area contributed by atoms with Crippen molar-refractivity contribution in [2.24, 2.45) is 0 Å². The van der Waals surface area contributed by atoms with Crippen LogP contribution in [0.5, 0.6) is 5.75 Å². The lowest BCUT2D eigenvalue weighted by Gasteiger charge is -2.08. The van der Waals surface area contributed by atoms with Crippen molar-refractivity contribution < 1.29 is 4.74 Å². The minimum atomic E-state index is 0.303. The van der Waals surface area contributed by atoms with E-state index in [1.165, 1.54) is 0 Å². The summed E-state index contributed by atoms with van der Waals surface area (Å²) in [6, 6.07) is 15.2. The highest BCUT2D eigenvalue weighted by molar-refractivity contribution is 6.17. The lowest BCUT2D eigenvalue weighted by Crippen LogP contribution is -1.99. The molecule has 0 saturated carbocycles. The molecular weight excluding hydrogens is 286 g/mol. The number of alkyl halides is 1. The van der Waals surface area contributed by atoms with E-state index in [2.05, 4.69) is 11.1 Å². The van der Waals surface area contributed by atoms with Gasteiger partial charge in [0.15, 0.2) is 0 Å². The van der Waals surface area contributed by atoms with Crippen LogP contribution in [0.1, 0.15) is 11.4 Å². The molecule has 0 N–H and O–H groups in total. The molecule has 5 heteroatoms. The fraction of sp³-hybridized carbons (Fsp3) is 0.125. The molecule has 2 aromatic carbocycles. The lowest BCUT2D eigenvalue weighted by molar-refractivity contribution is 0.415. The minimum absolute atomic E-state index is 0.303. The van der Waals surface area contributed by atoms with Gasteiger partial charge in [0.2, 0.25) is 0 Å². The van der Waals surface area contributed by atoms with Crippen molar-refractivity contribution in [2.75, 3.05) is 7.11 Å². The monoisotopic (exact) mass is 297 g/mol. The fourth-order valence-corrected chi connectivity index (χ4v) is 2.48. The molecule has 0 radical (unpaired) electrons. The molecular formula is C16H12ClN3O. The first-order valence-electron chi connectivity index (χ1n) is 6.38. The fourth-order valence-electron chi connectivity index (χ4n) is 2.30. The molecule has 0 unspecified atom stereocenters. The third-order valence-corrected chi connectivity index (χ3v) is 3.54. The maximum absolute atomic E-state index is 8.89. The van der Waals surface area contributed by atoms with E-state index in [4.69, 9.17) is 21.6 Å². The summed E-state index contributed by atoms with van der Waals surface area (Å²) < 4.78 is 7.21. The van der Waals surface area contributed by atoms with Crippen LogP contribution in [0.15, 0.2) is 42.5 Å². The largest absolute Gasteiger partial charge is 0.497 e. The quantitative estimate of drug-likeness (QED) is 0.693. The maximum Gasteiger partial charge on any atom is 0.129 e. The van der Waals surface area contributed by atoms with Gasteiger partial charge in [-0.25, -0.2) is 4.98 Å². The number of nitriles is 1. The van der Waals surface area contributed by atoms with Crippen molar-refractivity contribution >= 4 is 22.6 Å². The van der Waals surface area contributed by atoms with Crippen LogP contribution in [0.25, 0.3) is 16.7 Å². The lowest BCUT2D eigenvalue weighted by atomic mass is 10.2. The van der Waals surface area contributed by atoms with Gasteiger partial charge in [-0.3, -0.25) is 4.57 Å². The topological polar surface area (TPSA) is 50.8 Å². The number of halogens is 1. The third-order valence-electron chi connectivity index (χ3n) is 3.31. The second-order valence-corrected chi connectivity index (χ2v) is 4.78. The number of benzene rings is 2. The van der Waals surface area contributed by atoms with Gasteiger partial charge >= 0.3 is 0 Å². The van der Waals surface area contributed by atoms with Crippen LogP contribution in [0.3, 0.4) is 0 Å². The van der Waals surface area contributed by atoms with E-state index in [0.717, 1.165) is 28.3 Å². The summed E-state index contributed by atoms with van der Waals surface area (Å²) in [6.07, 6.45) is 0. The first-order valence-corrected chi connectivity index (χ1v) is 6.92. The molecule has 3 aromatic rings. The van der Waals surface area contributed by atoms with Gasteiger partial charge in [-0.2, -0.15) is 5.26 Å². The van der Waals surface area contributed by atoms with Gasteiger partial charge in [0.25, 0.3) is 0 Å². The van der Waals surface area contributed by atoms with E-state index in [0.29, 0.717) is 11.4 Å². The van der Waals surface area contributed by atoms with E-state index in [1.807, 2.05) is 34.9 Å². The molecule has 104 valence electrons. The Morgan fingerprint density at radius 3 is 2.62 bits per heavy atom. The average Bonchev–Trinajstić information content (AvgIpc) is 2.92. The molecule has 0 aliphatic carbocycles. The van der Waals surface area contributed by atoms with Gasteiger partial charge in [-0.1, -0.05) is 0 Å². The average molecular weight is 298 g/mol. The first-order chi connectivity index (χ1) is 10.3. The summed E-state index contributed by atoms with van der Waals surface area (Å²) in [7, 11) is 1.63. The zero-order valence-corrected chi connectivity index (χ0v) is 12.1. The van der Waals surface area contributed by atoms with Crippen LogP contribution in [0.4, 0.5) is 0 Å². The normalized spacial score (nSPS) is 10.5. The SMILES string of the molecule is COc1ccc2c(c1)nc(CCl)n2-c1ccc(C#N)cc1. The molecule has 0 spiro atoms. The molecule has 0 saturated heterocycles. The van der Waals surface area contributed by atoms with Gasteiger partial charge in [-0.15, -0.1) is 11.6 Å². The Hall–Kier alpha value is -2.51. The molecule has 0 atom stereocenters. The Morgan fingerprint density at radius 1 is 1.24 bits per heavy atom. The van der Waals surface area contributed by atoms with Crippen molar-refractivity contribution in [1.82, 2.24) is 9.55 Å². The second-order valence-electron chi connectivity index (χ2n) is 4.51. The zero-order chi connectivity index (χ0) is 14.8. The van der Waals surface area contributed by atoms with E-state index in [9.17, 15) is 0 Å². The second kappa shape index (κ2) is 5.47. The molecule has 21 heavy (non-hydrogen) atoms. The molecule has 4 nitrogen and oxygen atoms in total. The predicted molar refractivity (Wildman–Crippen MR) is 81.9 cm³/mol. The standard InChI is InChI=1S/C16H12ClN3O/c1-21-13-6-7-15-14(8-13)19-16(9-17)20(15)12-4-2-11(10-18)3-5-12/h2-8H,9H2,1H3. The number of imidazole rings is 1. The molecule has 0 fully saturated rings. The highest BCUT2D eigenvalue weighted by Crippen LogP contribution is 2.26. The number of fused-ring (bicyclic) bond motifs is 1. The Labute approximate surface area is 127 Å². The minimum Gasteiger partial charge on any atom is -0.497 e. The summed E-state index contributed by atoms with van der Waals surface area (Å²) in [5.41, 5.74) is 3.33. The third kappa shape index (κ3) is 2.32. The van der Waals surface area contributed by atoms with E-state index in [-0.39, 0.29) is 0 Å². The number of ether oxygens (including phenoxy) is 1. The summed E-state index contributed by atoms with van der Waals surface area (Å²) in [4.78, 5) is 4.54. The molecule has 3 rings (SSSR count). The first kappa shape index (κ1) is 13.5. The highest BCUT2D eigenvalue weighted by atomic mass is 35.5. The maximum atomic E-state index is 8.89. The smallest absolute Gasteiger partial charge is 0.129 e.